The van der Waals surface area contributed by atoms with E-state index in [1.807, 2.05) is 6.92 Å². The first-order valence-corrected chi connectivity index (χ1v) is 14.4. The number of benzene rings is 3. The number of carbonyl (C=O) groups is 1. The number of anilines is 1. The predicted octanol–water partition coefficient (Wildman–Crippen LogP) is 4.43. The number of nitrogens with one attached hydrogen (secondary N) is 1. The maximum Gasteiger partial charge on any atom is 0.264 e. The fourth-order valence-electron chi connectivity index (χ4n) is 3.49. The topological polar surface area (TPSA) is 101 Å². The van der Waals surface area contributed by atoms with E-state index in [9.17, 15) is 21.6 Å². The SMILES string of the molecule is Cc1ccc(S(=O)(=O)N(CC(=O)NC(C)c2ccc(S(C)(=O)=O)cc2)c2cc(Cl)ccc2C)cc1. The van der Waals surface area contributed by atoms with Crippen LogP contribution in [-0.4, -0.2) is 35.5 Å². The number of aryl methyl sites for hydroxylation is 2. The third-order valence-electron chi connectivity index (χ3n) is 5.52. The summed E-state index contributed by atoms with van der Waals surface area (Å²) in [6.45, 7) is 4.86. The maximum atomic E-state index is 13.6. The highest BCUT2D eigenvalue weighted by Crippen LogP contribution is 2.29. The Morgan fingerprint density at radius 1 is 0.914 bits per heavy atom. The molecule has 0 radical (unpaired) electrons. The van der Waals surface area contributed by atoms with Gasteiger partial charge in [-0.15, -0.1) is 0 Å². The molecule has 1 amide bonds. The highest BCUT2D eigenvalue weighted by Gasteiger charge is 2.29. The maximum absolute atomic E-state index is 13.6. The number of hydrogen-bond acceptors (Lipinski definition) is 5. The summed E-state index contributed by atoms with van der Waals surface area (Å²) in [5.41, 5.74) is 2.53. The summed E-state index contributed by atoms with van der Waals surface area (Å²) in [7, 11) is -7.42. The van der Waals surface area contributed by atoms with Crippen LogP contribution in [-0.2, 0) is 24.7 Å². The van der Waals surface area contributed by atoms with E-state index in [0.29, 0.717) is 21.8 Å². The number of amides is 1. The van der Waals surface area contributed by atoms with Crippen molar-refractivity contribution in [1.29, 1.82) is 0 Å². The molecule has 3 rings (SSSR count). The molecule has 1 N–H and O–H groups in total. The number of sulfone groups is 1. The number of hydrogen-bond donors (Lipinski definition) is 1. The summed E-state index contributed by atoms with van der Waals surface area (Å²) in [5, 5.41) is 3.14. The smallest absolute Gasteiger partial charge is 0.264 e. The second-order valence-corrected chi connectivity index (χ2v) is 12.7. The Bertz CT molecular complexity index is 1440. The largest absolute Gasteiger partial charge is 0.348 e. The van der Waals surface area contributed by atoms with Crippen LogP contribution in [0.15, 0.2) is 76.5 Å². The lowest BCUT2D eigenvalue weighted by molar-refractivity contribution is -0.120. The van der Waals surface area contributed by atoms with Gasteiger partial charge < -0.3 is 5.32 Å². The summed E-state index contributed by atoms with van der Waals surface area (Å²) in [6, 6.07) is 16.9. The van der Waals surface area contributed by atoms with Crippen molar-refractivity contribution < 1.29 is 21.6 Å². The van der Waals surface area contributed by atoms with E-state index in [1.54, 1.807) is 50.2 Å². The molecule has 0 saturated heterocycles. The molecule has 0 aromatic heterocycles. The molecule has 1 unspecified atom stereocenters. The third kappa shape index (κ3) is 6.42. The molecule has 0 saturated carbocycles. The normalized spacial score (nSPS) is 12.7. The van der Waals surface area contributed by atoms with Crippen molar-refractivity contribution in [2.24, 2.45) is 0 Å². The molecule has 0 spiro atoms. The monoisotopic (exact) mass is 534 g/mol. The van der Waals surface area contributed by atoms with Crippen LogP contribution in [0.5, 0.6) is 0 Å². The highest BCUT2D eigenvalue weighted by molar-refractivity contribution is 7.93. The summed E-state index contributed by atoms with van der Waals surface area (Å²) in [6.07, 6.45) is 1.12. The number of nitrogens with zero attached hydrogens (tertiary/aromatic N) is 1. The second kappa shape index (κ2) is 10.4. The van der Waals surface area contributed by atoms with Gasteiger partial charge in [-0.1, -0.05) is 47.5 Å². The van der Waals surface area contributed by atoms with Crippen LogP contribution in [0.25, 0.3) is 0 Å². The molecule has 35 heavy (non-hydrogen) atoms. The van der Waals surface area contributed by atoms with Crippen molar-refractivity contribution in [2.75, 3.05) is 17.1 Å². The van der Waals surface area contributed by atoms with Crippen molar-refractivity contribution >= 4 is 43.1 Å². The first-order chi connectivity index (χ1) is 16.3. The molecule has 10 heteroatoms. The van der Waals surface area contributed by atoms with Gasteiger partial charge in [0.1, 0.15) is 6.54 Å². The Kier molecular flexibility index (Phi) is 7.93. The minimum absolute atomic E-state index is 0.0553. The number of rotatable bonds is 8. The average Bonchev–Trinajstić information content (AvgIpc) is 2.79. The number of carbonyl (C=O) groups excluding carboxylic acids is 1. The van der Waals surface area contributed by atoms with Gasteiger partial charge in [0.2, 0.25) is 5.91 Å². The first-order valence-electron chi connectivity index (χ1n) is 10.7. The van der Waals surface area contributed by atoms with E-state index in [4.69, 9.17) is 11.6 Å². The molecule has 3 aromatic rings. The van der Waals surface area contributed by atoms with Gasteiger partial charge in [-0.2, -0.15) is 0 Å². The average molecular weight is 535 g/mol. The molecule has 1 atom stereocenters. The first kappa shape index (κ1) is 26.7. The van der Waals surface area contributed by atoms with Crippen LogP contribution >= 0.6 is 11.6 Å². The van der Waals surface area contributed by atoms with Gasteiger partial charge in [-0.25, -0.2) is 16.8 Å². The van der Waals surface area contributed by atoms with Gasteiger partial charge in [-0.3, -0.25) is 9.10 Å². The lowest BCUT2D eigenvalue weighted by atomic mass is 10.1. The van der Waals surface area contributed by atoms with Gasteiger partial charge in [0.05, 0.1) is 21.5 Å². The molecule has 0 fully saturated rings. The quantitative estimate of drug-likeness (QED) is 0.460. The second-order valence-electron chi connectivity index (χ2n) is 8.39. The molecule has 0 aliphatic heterocycles. The Morgan fingerprint density at radius 2 is 1.49 bits per heavy atom. The van der Waals surface area contributed by atoms with Crippen molar-refractivity contribution in [3.8, 4) is 0 Å². The van der Waals surface area contributed by atoms with Gasteiger partial charge in [0.25, 0.3) is 10.0 Å². The molecule has 3 aromatic carbocycles. The fraction of sp³-hybridized carbons (Fsp3) is 0.240. The number of sulfonamides is 1. The summed E-state index contributed by atoms with van der Waals surface area (Å²) >= 11 is 6.16. The zero-order valence-corrected chi connectivity index (χ0v) is 22.2. The molecule has 186 valence electrons. The van der Waals surface area contributed by atoms with E-state index in [2.05, 4.69) is 5.32 Å². The molecule has 0 aliphatic rings. The van der Waals surface area contributed by atoms with Crippen molar-refractivity contribution in [3.05, 3.63) is 88.4 Å². The third-order valence-corrected chi connectivity index (χ3v) is 8.66. The standard InChI is InChI=1S/C25H27ClN2O5S2/c1-17-5-11-23(12-6-17)35(32,33)28(24-15-21(26)10-7-18(24)2)16-25(29)27-19(3)20-8-13-22(14-9-20)34(4,30)31/h5-15,19H,16H2,1-4H3,(H,27,29). The van der Waals surface area contributed by atoms with Crippen LogP contribution < -0.4 is 9.62 Å². The predicted molar refractivity (Wildman–Crippen MR) is 138 cm³/mol. The summed E-state index contributed by atoms with van der Waals surface area (Å²) < 4.78 is 51.6. The molecular formula is C25H27ClN2O5S2. The highest BCUT2D eigenvalue weighted by atomic mass is 35.5. The van der Waals surface area contributed by atoms with Crippen molar-refractivity contribution in [1.82, 2.24) is 5.32 Å². The van der Waals surface area contributed by atoms with Crippen molar-refractivity contribution in [2.45, 2.75) is 36.6 Å². The molecule has 0 heterocycles. The Morgan fingerprint density at radius 3 is 2.06 bits per heavy atom. The van der Waals surface area contributed by atoms with E-state index in [1.165, 1.54) is 30.3 Å². The lowest BCUT2D eigenvalue weighted by Crippen LogP contribution is -2.42. The van der Waals surface area contributed by atoms with Crippen molar-refractivity contribution in [3.63, 3.8) is 0 Å². The van der Waals surface area contributed by atoms with Crippen LogP contribution in [0.1, 0.15) is 29.7 Å². The zero-order chi connectivity index (χ0) is 26.0. The lowest BCUT2D eigenvalue weighted by Gasteiger charge is -2.26. The van der Waals surface area contributed by atoms with Gasteiger partial charge in [0.15, 0.2) is 9.84 Å². The minimum Gasteiger partial charge on any atom is -0.348 e. The zero-order valence-electron chi connectivity index (χ0n) is 19.8. The van der Waals surface area contributed by atoms with Crippen LogP contribution in [0.4, 0.5) is 5.69 Å². The Balaban J connectivity index is 1.90. The van der Waals surface area contributed by atoms with Crippen LogP contribution in [0.2, 0.25) is 5.02 Å². The fourth-order valence-corrected chi connectivity index (χ4v) is 5.77. The Labute approximate surface area is 211 Å². The number of halogens is 1. The van der Waals surface area contributed by atoms with Crippen LogP contribution in [0.3, 0.4) is 0 Å². The van der Waals surface area contributed by atoms with Gasteiger partial charge in [-0.05, 0) is 68.3 Å². The summed E-state index contributed by atoms with van der Waals surface area (Å²) in [5.74, 6) is -0.528. The van der Waals surface area contributed by atoms with E-state index in [0.717, 1.165) is 16.1 Å². The van der Waals surface area contributed by atoms with E-state index in [-0.39, 0.29) is 9.79 Å². The molecular weight excluding hydrogens is 508 g/mol. The van der Waals surface area contributed by atoms with Crippen LogP contribution in [0, 0.1) is 13.8 Å². The molecule has 0 aliphatic carbocycles. The molecule has 7 nitrogen and oxygen atoms in total. The minimum atomic E-state index is -4.08. The van der Waals surface area contributed by atoms with Gasteiger partial charge >= 0.3 is 0 Å². The van der Waals surface area contributed by atoms with E-state index >= 15 is 0 Å². The summed E-state index contributed by atoms with van der Waals surface area (Å²) in [4.78, 5) is 13.2. The molecule has 0 bridgehead atoms. The Hall–Kier alpha value is -2.88. The van der Waals surface area contributed by atoms with E-state index < -0.39 is 38.4 Å². The van der Waals surface area contributed by atoms with Gasteiger partial charge in [0, 0.05) is 11.3 Å².